The minimum Gasteiger partial charge on any atom is -0.380 e. The highest BCUT2D eigenvalue weighted by Gasteiger charge is 2.00. The molecule has 4 heteroatoms. The van der Waals surface area contributed by atoms with E-state index in [9.17, 15) is 0 Å². The number of hydrogen-bond donors (Lipinski definition) is 2. The molecular formula is C13H20N2OS. The lowest BCUT2D eigenvalue weighted by Gasteiger charge is -2.12. The Labute approximate surface area is 109 Å². The molecule has 1 aromatic rings. The Morgan fingerprint density at radius 3 is 2.76 bits per heavy atom. The second kappa shape index (κ2) is 7.25. The molecule has 0 spiro atoms. The maximum Gasteiger partial charge on any atom is 0.170 e. The molecule has 0 radical (unpaired) electrons. The van der Waals surface area contributed by atoms with Gasteiger partial charge in [-0.2, -0.15) is 0 Å². The second-order valence-electron chi connectivity index (χ2n) is 3.90. The molecule has 0 unspecified atom stereocenters. The normalized spacial score (nSPS) is 10.1. The Morgan fingerprint density at radius 1 is 1.35 bits per heavy atom. The molecule has 94 valence electrons. The molecule has 0 bridgehead atoms. The largest absolute Gasteiger partial charge is 0.380 e. The van der Waals surface area contributed by atoms with E-state index in [1.54, 1.807) is 0 Å². The van der Waals surface area contributed by atoms with Crippen molar-refractivity contribution in [2.75, 3.05) is 25.1 Å². The Bertz CT molecular complexity index is 380. The monoisotopic (exact) mass is 252 g/mol. The summed E-state index contributed by atoms with van der Waals surface area (Å²) in [6.07, 6.45) is 0. The summed E-state index contributed by atoms with van der Waals surface area (Å²) in [5, 5.41) is 6.92. The first-order valence-electron chi connectivity index (χ1n) is 5.83. The zero-order valence-corrected chi connectivity index (χ0v) is 11.5. The predicted molar refractivity (Wildman–Crippen MR) is 76.6 cm³/mol. The van der Waals surface area contributed by atoms with Crippen molar-refractivity contribution >= 4 is 23.0 Å². The number of nitrogens with one attached hydrogen (secondary N) is 2. The lowest BCUT2D eigenvalue weighted by molar-refractivity contribution is 0.152. The molecule has 0 saturated heterocycles. The van der Waals surface area contributed by atoms with E-state index in [2.05, 4.69) is 36.6 Å². The van der Waals surface area contributed by atoms with Gasteiger partial charge < -0.3 is 15.4 Å². The minimum atomic E-state index is 0.636. The minimum absolute atomic E-state index is 0.636. The van der Waals surface area contributed by atoms with E-state index >= 15 is 0 Å². The lowest BCUT2D eigenvalue weighted by atomic mass is 10.1. The molecule has 0 saturated carbocycles. The number of aryl methyl sites for hydroxylation is 2. The number of anilines is 1. The summed E-state index contributed by atoms with van der Waals surface area (Å²) in [6, 6.07) is 6.24. The average molecular weight is 252 g/mol. The fourth-order valence-corrected chi connectivity index (χ4v) is 1.71. The Kier molecular flexibility index (Phi) is 5.94. The first kappa shape index (κ1) is 13.9. The molecule has 0 atom stereocenters. The first-order chi connectivity index (χ1) is 8.13. The van der Waals surface area contributed by atoms with Crippen LogP contribution in [0.5, 0.6) is 0 Å². The van der Waals surface area contributed by atoms with Crippen LogP contribution in [-0.4, -0.2) is 24.9 Å². The highest BCUT2D eigenvalue weighted by Crippen LogP contribution is 2.15. The van der Waals surface area contributed by atoms with Crippen molar-refractivity contribution in [3.63, 3.8) is 0 Å². The van der Waals surface area contributed by atoms with E-state index in [0.717, 1.165) is 18.8 Å². The van der Waals surface area contributed by atoms with Crippen molar-refractivity contribution in [3.8, 4) is 0 Å². The van der Waals surface area contributed by atoms with Gasteiger partial charge in [-0.05, 0) is 44.6 Å². The van der Waals surface area contributed by atoms with Gasteiger partial charge in [-0.25, -0.2) is 0 Å². The second-order valence-corrected chi connectivity index (χ2v) is 4.30. The van der Waals surface area contributed by atoms with Gasteiger partial charge in [0.2, 0.25) is 0 Å². The van der Waals surface area contributed by atoms with Gasteiger partial charge in [0.25, 0.3) is 0 Å². The lowest BCUT2D eigenvalue weighted by Crippen LogP contribution is -2.31. The molecule has 1 rings (SSSR count). The Balaban J connectivity index is 2.40. The molecule has 0 amide bonds. The molecule has 0 aromatic heterocycles. The third kappa shape index (κ3) is 5.15. The fourth-order valence-electron chi connectivity index (χ4n) is 1.50. The van der Waals surface area contributed by atoms with Gasteiger partial charge in [0.05, 0.1) is 6.61 Å². The first-order valence-corrected chi connectivity index (χ1v) is 6.24. The Morgan fingerprint density at radius 2 is 2.12 bits per heavy atom. The van der Waals surface area contributed by atoms with E-state index in [-0.39, 0.29) is 0 Å². The average Bonchev–Trinajstić information content (AvgIpc) is 2.28. The molecule has 2 N–H and O–H groups in total. The van der Waals surface area contributed by atoms with Crippen molar-refractivity contribution in [1.82, 2.24) is 5.32 Å². The van der Waals surface area contributed by atoms with E-state index < -0.39 is 0 Å². The Hall–Kier alpha value is -1.13. The standard InChI is InChI=1S/C13H20N2OS/c1-4-16-8-7-14-13(17)15-12-6-5-10(2)9-11(12)3/h5-6,9H,4,7-8H2,1-3H3,(H2,14,15,17). The number of ether oxygens (including phenoxy) is 1. The molecule has 0 heterocycles. The van der Waals surface area contributed by atoms with Crippen LogP contribution in [0.15, 0.2) is 18.2 Å². The van der Waals surface area contributed by atoms with Crippen LogP contribution < -0.4 is 10.6 Å². The molecule has 0 aliphatic carbocycles. The summed E-state index contributed by atoms with van der Waals surface area (Å²) in [6.45, 7) is 8.26. The summed E-state index contributed by atoms with van der Waals surface area (Å²) in [5.41, 5.74) is 3.49. The van der Waals surface area contributed by atoms with Gasteiger partial charge >= 0.3 is 0 Å². The molecule has 0 fully saturated rings. The highest BCUT2D eigenvalue weighted by atomic mass is 32.1. The van der Waals surface area contributed by atoms with Crippen LogP contribution in [0.1, 0.15) is 18.1 Å². The van der Waals surface area contributed by atoms with E-state index in [1.165, 1.54) is 11.1 Å². The smallest absolute Gasteiger partial charge is 0.170 e. The summed E-state index contributed by atoms with van der Waals surface area (Å²) < 4.78 is 5.22. The van der Waals surface area contributed by atoms with Crippen molar-refractivity contribution in [3.05, 3.63) is 29.3 Å². The van der Waals surface area contributed by atoms with Crippen LogP contribution >= 0.6 is 12.2 Å². The van der Waals surface area contributed by atoms with Crippen molar-refractivity contribution in [2.24, 2.45) is 0 Å². The van der Waals surface area contributed by atoms with Crippen LogP contribution in [0, 0.1) is 13.8 Å². The summed E-state index contributed by atoms with van der Waals surface area (Å²) in [5.74, 6) is 0. The van der Waals surface area contributed by atoms with Gasteiger partial charge in [-0.15, -0.1) is 0 Å². The number of rotatable bonds is 5. The van der Waals surface area contributed by atoms with Gasteiger partial charge in [-0.3, -0.25) is 0 Å². The van der Waals surface area contributed by atoms with E-state index in [0.29, 0.717) is 11.7 Å². The van der Waals surface area contributed by atoms with Crippen LogP contribution in [0.3, 0.4) is 0 Å². The van der Waals surface area contributed by atoms with Crippen LogP contribution in [0.4, 0.5) is 5.69 Å². The van der Waals surface area contributed by atoms with Gasteiger partial charge in [-0.1, -0.05) is 17.7 Å². The number of benzene rings is 1. The molecule has 1 aromatic carbocycles. The van der Waals surface area contributed by atoms with Crippen molar-refractivity contribution < 1.29 is 4.74 Å². The fraction of sp³-hybridized carbons (Fsp3) is 0.462. The summed E-state index contributed by atoms with van der Waals surface area (Å²) in [7, 11) is 0. The highest BCUT2D eigenvalue weighted by molar-refractivity contribution is 7.80. The molecule has 3 nitrogen and oxygen atoms in total. The van der Waals surface area contributed by atoms with Crippen molar-refractivity contribution in [2.45, 2.75) is 20.8 Å². The van der Waals surface area contributed by atoms with Crippen molar-refractivity contribution in [1.29, 1.82) is 0 Å². The van der Waals surface area contributed by atoms with Gasteiger partial charge in [0.1, 0.15) is 0 Å². The van der Waals surface area contributed by atoms with Gasteiger partial charge in [0, 0.05) is 18.8 Å². The maximum atomic E-state index is 5.22. The van der Waals surface area contributed by atoms with Gasteiger partial charge in [0.15, 0.2) is 5.11 Å². The van der Waals surface area contributed by atoms with E-state index in [4.69, 9.17) is 17.0 Å². The SMILES string of the molecule is CCOCCNC(=S)Nc1ccc(C)cc1C. The predicted octanol–water partition coefficient (Wildman–Crippen LogP) is 2.63. The van der Waals surface area contributed by atoms with Crippen LogP contribution in [-0.2, 0) is 4.74 Å². The third-order valence-electron chi connectivity index (χ3n) is 2.37. The topological polar surface area (TPSA) is 33.3 Å². The summed E-state index contributed by atoms with van der Waals surface area (Å²) in [4.78, 5) is 0. The van der Waals surface area contributed by atoms with E-state index in [1.807, 2.05) is 13.0 Å². The molecule has 0 aliphatic rings. The maximum absolute atomic E-state index is 5.22. The van der Waals surface area contributed by atoms with Crippen LogP contribution in [0.25, 0.3) is 0 Å². The molecular weight excluding hydrogens is 232 g/mol. The number of thiocarbonyl (C=S) groups is 1. The summed E-state index contributed by atoms with van der Waals surface area (Å²) >= 11 is 5.20. The zero-order valence-electron chi connectivity index (χ0n) is 10.7. The molecule has 17 heavy (non-hydrogen) atoms. The van der Waals surface area contributed by atoms with Crippen LogP contribution in [0.2, 0.25) is 0 Å². The zero-order chi connectivity index (χ0) is 12.7. The number of hydrogen-bond acceptors (Lipinski definition) is 2. The third-order valence-corrected chi connectivity index (χ3v) is 2.61. The quantitative estimate of drug-likeness (QED) is 0.623. The molecule has 0 aliphatic heterocycles.